The van der Waals surface area contributed by atoms with Crippen molar-refractivity contribution in [3.63, 3.8) is 0 Å². The van der Waals surface area contributed by atoms with Crippen LogP contribution >= 0.6 is 0 Å². The maximum absolute atomic E-state index is 13.1. The van der Waals surface area contributed by atoms with Crippen molar-refractivity contribution in [3.8, 4) is 0 Å². The van der Waals surface area contributed by atoms with E-state index in [1.165, 1.54) is 4.57 Å². The molecule has 36 heavy (non-hydrogen) atoms. The van der Waals surface area contributed by atoms with Gasteiger partial charge in [-0.25, -0.2) is 4.79 Å². The summed E-state index contributed by atoms with van der Waals surface area (Å²) in [6, 6.07) is 0. The number of H-pyrrole nitrogens is 1. The summed E-state index contributed by atoms with van der Waals surface area (Å²) in [5.41, 5.74) is -0.590. The number of nitrogens with one attached hydrogen (secondary N) is 1. The SMILES string of the molecule is C=CCn1cc([C@@H]2O[C@@H]3CO[Si](C(C)(C)C)(C(C)(C)C)OC3[C@@H]2O[Si](C)(C)C(C)(C)C)c(=O)[nH]c1=O. The van der Waals surface area contributed by atoms with Gasteiger partial charge in [0.2, 0.25) is 0 Å². The second kappa shape index (κ2) is 9.46. The molecule has 2 aliphatic heterocycles. The molecule has 1 aromatic rings. The van der Waals surface area contributed by atoms with E-state index in [1.807, 2.05) is 0 Å². The first-order chi connectivity index (χ1) is 16.3. The van der Waals surface area contributed by atoms with E-state index >= 15 is 0 Å². The number of fused-ring (bicyclic) bond motifs is 1. The van der Waals surface area contributed by atoms with Crippen molar-refractivity contribution in [1.29, 1.82) is 0 Å². The summed E-state index contributed by atoms with van der Waals surface area (Å²) in [6.07, 6.45) is 1.23. The third-order valence-corrected chi connectivity index (χ3v) is 17.5. The zero-order chi connectivity index (χ0) is 27.5. The maximum atomic E-state index is 13.1. The normalized spacial score (nSPS) is 27.1. The molecule has 1 unspecified atom stereocenters. The number of nitrogens with zero attached hydrogens (tertiary/aromatic N) is 1. The Morgan fingerprint density at radius 1 is 1.14 bits per heavy atom. The van der Waals surface area contributed by atoms with E-state index < -0.39 is 40.3 Å². The highest BCUT2D eigenvalue weighted by molar-refractivity contribution is 6.74. The highest BCUT2D eigenvalue weighted by atomic mass is 28.4. The average molecular weight is 539 g/mol. The van der Waals surface area contributed by atoms with Crippen LogP contribution in [-0.2, 0) is 24.6 Å². The number of aromatic amines is 1. The van der Waals surface area contributed by atoms with Gasteiger partial charge in [0.15, 0.2) is 8.32 Å². The van der Waals surface area contributed by atoms with Gasteiger partial charge in [-0.15, -0.1) is 6.58 Å². The molecular formula is C26H46N2O6Si2. The molecule has 3 rings (SSSR count). The van der Waals surface area contributed by atoms with Crippen LogP contribution in [0.4, 0.5) is 0 Å². The minimum Gasteiger partial charge on any atom is -0.408 e. The quantitative estimate of drug-likeness (QED) is 0.419. The number of aromatic nitrogens is 2. The Morgan fingerprint density at radius 2 is 1.72 bits per heavy atom. The Kier molecular flexibility index (Phi) is 7.69. The van der Waals surface area contributed by atoms with Gasteiger partial charge in [-0.2, -0.15) is 0 Å². The predicted molar refractivity (Wildman–Crippen MR) is 147 cm³/mol. The maximum Gasteiger partial charge on any atom is 0.349 e. The molecule has 0 spiro atoms. The van der Waals surface area contributed by atoms with Crippen LogP contribution in [0.25, 0.3) is 0 Å². The average Bonchev–Trinajstić information content (AvgIpc) is 3.04. The molecule has 10 heteroatoms. The molecule has 0 amide bonds. The third kappa shape index (κ3) is 5.04. The zero-order valence-corrected chi connectivity index (χ0v) is 26.0. The van der Waals surface area contributed by atoms with Crippen LogP contribution in [0.2, 0.25) is 28.2 Å². The number of allylic oxidation sites excluding steroid dienone is 1. The number of rotatable bonds is 5. The molecule has 3 heterocycles. The number of hydrogen-bond donors (Lipinski definition) is 1. The number of ether oxygens (including phenoxy) is 1. The fourth-order valence-corrected chi connectivity index (χ4v) is 11.5. The van der Waals surface area contributed by atoms with Crippen molar-refractivity contribution >= 4 is 16.9 Å². The van der Waals surface area contributed by atoms with Gasteiger partial charge in [-0.1, -0.05) is 68.4 Å². The summed E-state index contributed by atoms with van der Waals surface area (Å²) in [4.78, 5) is 27.9. The summed E-state index contributed by atoms with van der Waals surface area (Å²) in [6.45, 7) is 28.4. The van der Waals surface area contributed by atoms with Gasteiger partial charge >= 0.3 is 14.3 Å². The lowest BCUT2D eigenvalue weighted by Crippen LogP contribution is -2.66. The van der Waals surface area contributed by atoms with E-state index in [1.54, 1.807) is 12.3 Å². The first-order valence-corrected chi connectivity index (χ1v) is 17.6. The fourth-order valence-electron chi connectivity index (χ4n) is 5.24. The number of hydrogen-bond acceptors (Lipinski definition) is 6. The first kappa shape index (κ1) is 29.3. The Labute approximate surface area is 217 Å². The van der Waals surface area contributed by atoms with Gasteiger partial charge in [-0.05, 0) is 18.1 Å². The summed E-state index contributed by atoms with van der Waals surface area (Å²) >= 11 is 0. The van der Waals surface area contributed by atoms with Crippen LogP contribution in [0.5, 0.6) is 0 Å². The lowest BCUT2D eigenvalue weighted by Gasteiger charge is -2.54. The van der Waals surface area contributed by atoms with E-state index in [-0.39, 0.29) is 33.9 Å². The fraction of sp³-hybridized carbons (Fsp3) is 0.769. The molecule has 0 bridgehead atoms. The van der Waals surface area contributed by atoms with Crippen molar-refractivity contribution in [2.45, 2.75) is 121 Å². The van der Waals surface area contributed by atoms with Gasteiger partial charge in [0.1, 0.15) is 24.4 Å². The highest BCUT2D eigenvalue weighted by Gasteiger charge is 2.65. The Morgan fingerprint density at radius 3 is 2.22 bits per heavy atom. The second-order valence-electron chi connectivity index (χ2n) is 13.7. The topological polar surface area (TPSA) is 91.8 Å². The standard InChI is InChI=1S/C26H46N2O6Si2/c1-13-14-28-15-17(22(29)27-23(28)30)19-21(33-35(11,12)24(2,3)4)20-18(32-19)16-31-36(34-20,25(5,6)7)26(8,9)10/h13,15,18-21H,1,14,16H2,2-12H3,(H,27,29,30)/t18-,19+,20?,21-/m1/s1. The Bertz CT molecular complexity index is 1080. The lowest BCUT2D eigenvalue weighted by molar-refractivity contribution is -0.0717. The second-order valence-corrected chi connectivity index (χ2v) is 23.2. The van der Waals surface area contributed by atoms with Crippen LogP contribution in [0.3, 0.4) is 0 Å². The Balaban J connectivity index is 2.16. The molecule has 0 aromatic carbocycles. The molecule has 4 atom stereocenters. The smallest absolute Gasteiger partial charge is 0.349 e. The summed E-state index contributed by atoms with van der Waals surface area (Å²) in [5.74, 6) is 0. The van der Waals surface area contributed by atoms with Crippen LogP contribution < -0.4 is 11.2 Å². The largest absolute Gasteiger partial charge is 0.408 e. The molecule has 2 fully saturated rings. The third-order valence-electron chi connectivity index (χ3n) is 7.95. The molecule has 2 saturated heterocycles. The first-order valence-electron chi connectivity index (χ1n) is 12.9. The van der Waals surface area contributed by atoms with Gasteiger partial charge in [-0.3, -0.25) is 14.3 Å². The summed E-state index contributed by atoms with van der Waals surface area (Å²) < 4.78 is 28.7. The molecular weight excluding hydrogens is 492 g/mol. The van der Waals surface area contributed by atoms with Crippen molar-refractivity contribution in [2.24, 2.45) is 0 Å². The van der Waals surface area contributed by atoms with Crippen molar-refractivity contribution in [3.05, 3.63) is 45.3 Å². The predicted octanol–water partition coefficient (Wildman–Crippen LogP) is 5.01. The van der Waals surface area contributed by atoms with E-state index in [2.05, 4.69) is 87.0 Å². The van der Waals surface area contributed by atoms with Gasteiger partial charge < -0.3 is 18.0 Å². The van der Waals surface area contributed by atoms with E-state index in [4.69, 9.17) is 18.0 Å². The molecule has 0 aliphatic carbocycles. The molecule has 8 nitrogen and oxygen atoms in total. The summed E-state index contributed by atoms with van der Waals surface area (Å²) in [5, 5.41) is -0.466. The van der Waals surface area contributed by atoms with Crippen molar-refractivity contribution in [2.75, 3.05) is 6.61 Å². The molecule has 0 saturated carbocycles. The monoisotopic (exact) mass is 538 g/mol. The molecule has 1 aromatic heterocycles. The van der Waals surface area contributed by atoms with Crippen LogP contribution in [0.15, 0.2) is 28.4 Å². The van der Waals surface area contributed by atoms with Gasteiger partial charge in [0.05, 0.1) is 12.2 Å². The van der Waals surface area contributed by atoms with E-state index in [9.17, 15) is 9.59 Å². The van der Waals surface area contributed by atoms with E-state index in [0.717, 1.165) is 0 Å². The molecule has 1 N–H and O–H groups in total. The zero-order valence-electron chi connectivity index (χ0n) is 24.0. The van der Waals surface area contributed by atoms with Crippen LogP contribution in [0, 0.1) is 0 Å². The summed E-state index contributed by atoms with van der Waals surface area (Å²) in [7, 11) is -5.11. The lowest BCUT2D eigenvalue weighted by atomic mass is 10.0. The van der Waals surface area contributed by atoms with Gasteiger partial charge in [0.25, 0.3) is 5.56 Å². The van der Waals surface area contributed by atoms with Crippen molar-refractivity contribution < 1.29 is 18.0 Å². The van der Waals surface area contributed by atoms with Crippen LogP contribution in [-0.4, -0.2) is 51.3 Å². The molecule has 2 aliphatic rings. The van der Waals surface area contributed by atoms with Gasteiger partial charge in [0, 0.05) is 22.8 Å². The minimum absolute atomic E-state index is 0.0581. The minimum atomic E-state index is -2.81. The van der Waals surface area contributed by atoms with Crippen LogP contribution in [0.1, 0.15) is 74.0 Å². The Hall–Kier alpha value is -1.31. The van der Waals surface area contributed by atoms with E-state index in [0.29, 0.717) is 12.2 Å². The molecule has 204 valence electrons. The highest BCUT2D eigenvalue weighted by Crippen LogP contribution is 2.56. The molecule has 0 radical (unpaired) electrons. The van der Waals surface area contributed by atoms with Crippen molar-refractivity contribution in [1.82, 2.24) is 9.55 Å².